The molecule has 0 radical (unpaired) electrons. The fourth-order valence-electron chi connectivity index (χ4n) is 5.43. The third-order valence-corrected chi connectivity index (χ3v) is 9.20. The van der Waals surface area contributed by atoms with E-state index in [9.17, 15) is 19.4 Å². The topological polar surface area (TPSA) is 131 Å². The molecule has 0 aliphatic carbocycles. The van der Waals surface area contributed by atoms with E-state index >= 15 is 0 Å². The molecule has 0 rings (SSSR count). The van der Waals surface area contributed by atoms with Crippen LogP contribution in [0.1, 0.15) is 181 Å². The number of nitrogens with two attached hydrogens (primary N) is 1. The Balaban J connectivity index is 4.23. The lowest BCUT2D eigenvalue weighted by atomic mass is 10.0. The summed E-state index contributed by atoms with van der Waals surface area (Å²) < 4.78 is 22.0. The maximum atomic E-state index is 12.7. The van der Waals surface area contributed by atoms with Crippen molar-refractivity contribution < 1.29 is 28.4 Å². The Hall–Kier alpha value is -0.500. The van der Waals surface area contributed by atoms with Crippen LogP contribution in [0.25, 0.3) is 0 Å². The smallest absolute Gasteiger partial charge is 0.391 e. The lowest BCUT2D eigenvalue weighted by Gasteiger charge is -2.25. The van der Waals surface area contributed by atoms with Gasteiger partial charge in [0.05, 0.1) is 25.4 Å². The second kappa shape index (κ2) is 31.5. The highest BCUT2D eigenvalue weighted by atomic mass is 31.2. The number of hydrogen-bond acceptors (Lipinski definition) is 6. The van der Waals surface area contributed by atoms with Gasteiger partial charge >= 0.3 is 7.82 Å². The molecule has 1 unspecified atom stereocenters. The number of phosphoric acid groups is 1. The number of hydrogen-bond donors (Lipinski definition) is 4. The van der Waals surface area contributed by atoms with E-state index in [1.807, 2.05) is 0 Å². The van der Waals surface area contributed by atoms with E-state index in [0.29, 0.717) is 12.8 Å². The Morgan fingerprint density at radius 2 is 1.07 bits per heavy atom. The van der Waals surface area contributed by atoms with Gasteiger partial charge in [-0.1, -0.05) is 162 Å². The van der Waals surface area contributed by atoms with Crippen LogP contribution in [-0.2, 0) is 18.4 Å². The van der Waals surface area contributed by atoms with E-state index in [1.54, 1.807) is 0 Å². The van der Waals surface area contributed by atoms with Gasteiger partial charge in [0.15, 0.2) is 0 Å². The second-order valence-corrected chi connectivity index (χ2v) is 13.9. The maximum absolute atomic E-state index is 12.7. The monoisotopic (exact) mass is 635 g/mol. The molecule has 0 fully saturated rings. The molecule has 0 bridgehead atoms. The zero-order chi connectivity index (χ0) is 31.9. The van der Waals surface area contributed by atoms with Gasteiger partial charge in [0, 0.05) is 13.0 Å². The maximum Gasteiger partial charge on any atom is 0.472 e. The molecule has 0 saturated heterocycles. The summed E-state index contributed by atoms with van der Waals surface area (Å²) in [6.45, 7) is 4.19. The first-order valence-corrected chi connectivity index (χ1v) is 19.6. The van der Waals surface area contributed by atoms with Crippen LogP contribution in [-0.4, -0.2) is 47.8 Å². The molecule has 9 heteroatoms. The van der Waals surface area contributed by atoms with Crippen molar-refractivity contribution in [2.75, 3.05) is 19.8 Å². The van der Waals surface area contributed by atoms with Crippen molar-refractivity contribution in [1.82, 2.24) is 5.32 Å². The summed E-state index contributed by atoms with van der Waals surface area (Å²) in [7, 11) is -4.30. The van der Waals surface area contributed by atoms with Crippen LogP contribution >= 0.6 is 7.82 Å². The van der Waals surface area contributed by atoms with Crippen molar-refractivity contribution in [3.05, 3.63) is 0 Å². The third-order valence-electron chi connectivity index (χ3n) is 8.21. The largest absolute Gasteiger partial charge is 0.472 e. The van der Waals surface area contributed by atoms with Gasteiger partial charge in [0.1, 0.15) is 0 Å². The molecule has 5 N–H and O–H groups in total. The number of aliphatic hydroxyl groups excluding tert-OH is 1. The highest BCUT2D eigenvalue weighted by molar-refractivity contribution is 7.47. The Bertz CT molecular complexity index is 654. The van der Waals surface area contributed by atoms with Crippen molar-refractivity contribution in [3.8, 4) is 0 Å². The first-order valence-electron chi connectivity index (χ1n) is 18.2. The summed E-state index contributed by atoms with van der Waals surface area (Å²) in [5.41, 5.74) is 5.35. The summed E-state index contributed by atoms with van der Waals surface area (Å²) in [6.07, 6.45) is 29.6. The van der Waals surface area contributed by atoms with Gasteiger partial charge in [-0.2, -0.15) is 0 Å². The standard InChI is InChI=1S/C34H71N2O6P/c1-3-5-7-9-11-13-15-16-17-18-20-22-24-26-28-34(38)36-32(31-42-43(39,40)41-30-29-35)33(37)27-25-23-21-19-14-12-10-8-6-4-2/h32-33,37H,3-31,35H2,1-2H3,(H,36,38)(H,39,40)/t32-,33+/m0/s1. The second-order valence-electron chi connectivity index (χ2n) is 12.4. The van der Waals surface area contributed by atoms with Crippen LogP contribution in [0.5, 0.6) is 0 Å². The van der Waals surface area contributed by atoms with Crippen LogP contribution in [0.2, 0.25) is 0 Å². The number of carbonyl (C=O) groups excluding carboxylic acids is 1. The fourth-order valence-corrected chi connectivity index (χ4v) is 6.19. The molecule has 8 nitrogen and oxygen atoms in total. The summed E-state index contributed by atoms with van der Waals surface area (Å²) in [5.74, 6) is -0.162. The van der Waals surface area contributed by atoms with Crippen molar-refractivity contribution in [2.45, 2.75) is 193 Å². The Labute approximate surface area is 265 Å². The molecule has 3 atom stereocenters. The highest BCUT2D eigenvalue weighted by Crippen LogP contribution is 2.43. The van der Waals surface area contributed by atoms with E-state index in [1.165, 1.54) is 116 Å². The molecular weight excluding hydrogens is 563 g/mol. The van der Waals surface area contributed by atoms with Crippen LogP contribution < -0.4 is 11.1 Å². The predicted octanol–water partition coefficient (Wildman–Crippen LogP) is 9.11. The predicted molar refractivity (Wildman–Crippen MR) is 180 cm³/mol. The number of unbranched alkanes of at least 4 members (excludes halogenated alkanes) is 22. The van der Waals surface area contributed by atoms with Crippen LogP contribution in [0, 0.1) is 0 Å². The number of rotatable bonds is 34. The molecule has 258 valence electrons. The van der Waals surface area contributed by atoms with Gasteiger partial charge < -0.3 is 21.1 Å². The zero-order valence-electron chi connectivity index (χ0n) is 28.2. The van der Waals surface area contributed by atoms with Crippen molar-refractivity contribution in [3.63, 3.8) is 0 Å². The minimum absolute atomic E-state index is 0.0919. The molecule has 1 amide bonds. The van der Waals surface area contributed by atoms with Gasteiger partial charge in [0.25, 0.3) is 0 Å². The molecule has 43 heavy (non-hydrogen) atoms. The van der Waals surface area contributed by atoms with E-state index in [4.69, 9.17) is 14.8 Å². The average Bonchev–Trinajstić information content (AvgIpc) is 2.99. The molecule has 0 aromatic rings. The number of amides is 1. The normalized spacial score (nSPS) is 14.4. The SMILES string of the molecule is CCCCCCCCCCCCCCCCC(=O)N[C@@H](COP(=O)(O)OCCN)[C@H](O)CCCCCCCCCCCC. The van der Waals surface area contributed by atoms with Gasteiger partial charge in [0.2, 0.25) is 5.91 Å². The summed E-state index contributed by atoms with van der Waals surface area (Å²) >= 11 is 0. The fraction of sp³-hybridized carbons (Fsp3) is 0.971. The van der Waals surface area contributed by atoms with E-state index < -0.39 is 20.0 Å². The van der Waals surface area contributed by atoms with Crippen LogP contribution in [0.3, 0.4) is 0 Å². The molecule has 0 aliphatic rings. The minimum atomic E-state index is -4.30. The first kappa shape index (κ1) is 42.5. The van der Waals surface area contributed by atoms with E-state index in [0.717, 1.165) is 38.5 Å². The van der Waals surface area contributed by atoms with Gasteiger partial charge in [-0.15, -0.1) is 0 Å². The number of phosphoric ester groups is 1. The Kier molecular flexibility index (Phi) is 31.1. The summed E-state index contributed by atoms with van der Waals surface area (Å²) in [5, 5.41) is 13.7. The third kappa shape index (κ3) is 29.9. The molecule has 0 heterocycles. The van der Waals surface area contributed by atoms with Crippen LogP contribution in [0.4, 0.5) is 0 Å². The number of nitrogens with one attached hydrogen (secondary N) is 1. The Morgan fingerprint density at radius 3 is 1.49 bits per heavy atom. The lowest BCUT2D eigenvalue weighted by Crippen LogP contribution is -2.46. The van der Waals surface area contributed by atoms with Crippen LogP contribution in [0.15, 0.2) is 0 Å². The van der Waals surface area contributed by atoms with E-state index in [-0.39, 0.29) is 25.7 Å². The van der Waals surface area contributed by atoms with Crippen molar-refractivity contribution in [2.24, 2.45) is 5.73 Å². The zero-order valence-corrected chi connectivity index (χ0v) is 29.1. The average molecular weight is 635 g/mol. The summed E-state index contributed by atoms with van der Waals surface area (Å²) in [4.78, 5) is 22.5. The quantitative estimate of drug-likeness (QED) is 0.0410. The number of aliphatic hydroxyl groups is 1. The lowest BCUT2D eigenvalue weighted by molar-refractivity contribution is -0.123. The highest BCUT2D eigenvalue weighted by Gasteiger charge is 2.27. The van der Waals surface area contributed by atoms with Gasteiger partial charge in [-0.3, -0.25) is 13.8 Å². The summed E-state index contributed by atoms with van der Waals surface area (Å²) in [6, 6.07) is -0.764. The first-order chi connectivity index (χ1) is 20.9. The molecule has 0 spiro atoms. The molecule has 0 saturated carbocycles. The van der Waals surface area contributed by atoms with Crippen molar-refractivity contribution in [1.29, 1.82) is 0 Å². The van der Waals surface area contributed by atoms with Gasteiger partial charge in [-0.25, -0.2) is 4.57 Å². The van der Waals surface area contributed by atoms with Crippen molar-refractivity contribution >= 4 is 13.7 Å². The molecule has 0 aromatic heterocycles. The van der Waals surface area contributed by atoms with E-state index in [2.05, 4.69) is 19.2 Å². The molecule has 0 aromatic carbocycles. The minimum Gasteiger partial charge on any atom is -0.391 e. The molecular formula is C34H71N2O6P. The Morgan fingerprint density at radius 1 is 0.674 bits per heavy atom. The molecule has 0 aliphatic heterocycles. The number of carbonyl (C=O) groups is 1. The van der Waals surface area contributed by atoms with Gasteiger partial charge in [-0.05, 0) is 12.8 Å².